The average Bonchev–Trinajstić information content (AvgIpc) is 2.51. The van der Waals surface area contributed by atoms with Crippen molar-refractivity contribution in [3.05, 3.63) is 5.82 Å². The van der Waals surface area contributed by atoms with Crippen LogP contribution >= 0.6 is 0 Å². The molecular formula is C8H14N4O2. The summed E-state index contributed by atoms with van der Waals surface area (Å²) >= 11 is 0. The van der Waals surface area contributed by atoms with E-state index in [0.717, 1.165) is 0 Å². The number of aromatic nitrogens is 4. The van der Waals surface area contributed by atoms with Gasteiger partial charge in [0, 0.05) is 7.11 Å². The van der Waals surface area contributed by atoms with Crippen LogP contribution in [0.4, 0.5) is 0 Å². The van der Waals surface area contributed by atoms with Gasteiger partial charge in [-0.15, -0.1) is 10.2 Å². The second-order valence-electron chi connectivity index (χ2n) is 3.51. The zero-order valence-corrected chi connectivity index (χ0v) is 8.81. The summed E-state index contributed by atoms with van der Waals surface area (Å²) in [5, 5.41) is 11.3. The molecule has 0 bridgehead atoms. The molecule has 0 atom stereocenters. The quantitative estimate of drug-likeness (QED) is 0.667. The molecule has 78 valence electrons. The molecule has 1 aromatic rings. The Morgan fingerprint density at radius 2 is 2.21 bits per heavy atom. The topological polar surface area (TPSA) is 69.9 Å². The Labute approximate surface area is 82.2 Å². The van der Waals surface area contributed by atoms with Crippen LogP contribution in [-0.4, -0.2) is 38.7 Å². The van der Waals surface area contributed by atoms with E-state index in [1.54, 1.807) is 20.9 Å². The van der Waals surface area contributed by atoms with Gasteiger partial charge in [0.15, 0.2) is 11.6 Å². The molecule has 0 aromatic carbocycles. The molecule has 0 spiro atoms. The third-order valence-corrected chi connectivity index (χ3v) is 2.05. The molecule has 6 heteroatoms. The van der Waals surface area contributed by atoms with E-state index >= 15 is 0 Å². The largest absolute Gasteiger partial charge is 0.371 e. The summed E-state index contributed by atoms with van der Waals surface area (Å²) in [6, 6.07) is 0. The van der Waals surface area contributed by atoms with Crippen molar-refractivity contribution in [1.82, 2.24) is 20.2 Å². The highest BCUT2D eigenvalue weighted by Gasteiger charge is 2.27. The van der Waals surface area contributed by atoms with Crippen molar-refractivity contribution in [3.8, 4) is 0 Å². The first-order valence-corrected chi connectivity index (χ1v) is 4.27. The number of Topliss-reactive ketones (excluding diaryl/α,β-unsaturated/α-hetero) is 1. The predicted octanol–water partition coefficient (Wildman–Crippen LogP) is -0.253. The van der Waals surface area contributed by atoms with E-state index in [2.05, 4.69) is 15.4 Å². The van der Waals surface area contributed by atoms with E-state index in [4.69, 9.17) is 4.74 Å². The fourth-order valence-corrected chi connectivity index (χ4v) is 0.864. The molecule has 0 unspecified atom stereocenters. The molecule has 0 saturated carbocycles. The van der Waals surface area contributed by atoms with Crippen molar-refractivity contribution in [2.45, 2.75) is 25.9 Å². The van der Waals surface area contributed by atoms with E-state index in [1.165, 1.54) is 11.9 Å². The standard InChI is InChI=1S/C8H14N4O2/c1-8(2,14-4)6(13)5-7-9-11-12(3)10-7/h5H2,1-4H3. The first kappa shape index (κ1) is 10.8. The lowest BCUT2D eigenvalue weighted by atomic mass is 10.0. The first-order chi connectivity index (χ1) is 6.45. The van der Waals surface area contributed by atoms with Crippen LogP contribution in [0.25, 0.3) is 0 Å². The van der Waals surface area contributed by atoms with Gasteiger partial charge >= 0.3 is 0 Å². The molecule has 0 radical (unpaired) electrons. The van der Waals surface area contributed by atoms with Gasteiger partial charge in [-0.25, -0.2) is 0 Å². The van der Waals surface area contributed by atoms with Gasteiger partial charge in [-0.2, -0.15) is 4.80 Å². The van der Waals surface area contributed by atoms with Gasteiger partial charge in [0.25, 0.3) is 0 Å². The van der Waals surface area contributed by atoms with Crippen LogP contribution in [0.2, 0.25) is 0 Å². The van der Waals surface area contributed by atoms with E-state index in [0.29, 0.717) is 5.82 Å². The molecule has 14 heavy (non-hydrogen) atoms. The molecule has 0 amide bonds. The second kappa shape index (κ2) is 3.83. The highest BCUT2D eigenvalue weighted by atomic mass is 16.5. The van der Waals surface area contributed by atoms with E-state index in [1.807, 2.05) is 0 Å². The monoisotopic (exact) mass is 198 g/mol. The molecule has 1 heterocycles. The third-order valence-electron chi connectivity index (χ3n) is 2.05. The van der Waals surface area contributed by atoms with Crippen LogP contribution in [-0.2, 0) is 23.0 Å². The maximum atomic E-state index is 11.6. The van der Waals surface area contributed by atoms with Crippen molar-refractivity contribution in [2.24, 2.45) is 7.05 Å². The number of carbonyl (C=O) groups excluding carboxylic acids is 1. The molecule has 0 aliphatic rings. The number of aryl methyl sites for hydroxylation is 1. The van der Waals surface area contributed by atoms with Crippen molar-refractivity contribution in [2.75, 3.05) is 7.11 Å². The highest BCUT2D eigenvalue weighted by Crippen LogP contribution is 2.10. The summed E-state index contributed by atoms with van der Waals surface area (Å²) in [4.78, 5) is 13.0. The normalized spacial score (nSPS) is 11.7. The Morgan fingerprint density at radius 3 is 2.64 bits per heavy atom. The van der Waals surface area contributed by atoms with Crippen LogP contribution in [0.3, 0.4) is 0 Å². The van der Waals surface area contributed by atoms with Crippen molar-refractivity contribution >= 4 is 5.78 Å². The summed E-state index contributed by atoms with van der Waals surface area (Å²) in [6.45, 7) is 3.43. The summed E-state index contributed by atoms with van der Waals surface area (Å²) in [6.07, 6.45) is 0.147. The molecule has 0 aliphatic heterocycles. The number of hydrogen-bond acceptors (Lipinski definition) is 5. The predicted molar refractivity (Wildman–Crippen MR) is 48.6 cm³/mol. The van der Waals surface area contributed by atoms with Crippen LogP contribution in [0, 0.1) is 0 Å². The van der Waals surface area contributed by atoms with E-state index in [9.17, 15) is 4.79 Å². The molecule has 0 saturated heterocycles. The zero-order valence-electron chi connectivity index (χ0n) is 8.81. The van der Waals surface area contributed by atoms with Gasteiger partial charge in [0.1, 0.15) is 5.60 Å². The Bertz CT molecular complexity index is 332. The number of ketones is 1. The first-order valence-electron chi connectivity index (χ1n) is 4.27. The Hall–Kier alpha value is -1.30. The SMILES string of the molecule is COC(C)(C)C(=O)Cc1nnn(C)n1. The Balaban J connectivity index is 2.66. The van der Waals surface area contributed by atoms with Crippen molar-refractivity contribution in [1.29, 1.82) is 0 Å². The van der Waals surface area contributed by atoms with Crippen molar-refractivity contribution in [3.63, 3.8) is 0 Å². The van der Waals surface area contributed by atoms with Gasteiger partial charge in [0.2, 0.25) is 0 Å². The minimum atomic E-state index is -0.792. The lowest BCUT2D eigenvalue weighted by molar-refractivity contribution is -0.136. The van der Waals surface area contributed by atoms with Gasteiger partial charge in [-0.1, -0.05) is 0 Å². The number of hydrogen-bond donors (Lipinski definition) is 0. The van der Waals surface area contributed by atoms with Crippen LogP contribution < -0.4 is 0 Å². The molecular weight excluding hydrogens is 184 g/mol. The summed E-state index contributed by atoms with van der Waals surface area (Å²) in [5.74, 6) is 0.357. The lowest BCUT2D eigenvalue weighted by Gasteiger charge is -2.19. The zero-order chi connectivity index (χ0) is 10.8. The number of nitrogens with zero attached hydrogens (tertiary/aromatic N) is 4. The van der Waals surface area contributed by atoms with Crippen molar-refractivity contribution < 1.29 is 9.53 Å². The van der Waals surface area contributed by atoms with Gasteiger partial charge in [0.05, 0.1) is 13.5 Å². The highest BCUT2D eigenvalue weighted by molar-refractivity contribution is 5.87. The number of ether oxygens (including phenoxy) is 1. The smallest absolute Gasteiger partial charge is 0.182 e. The van der Waals surface area contributed by atoms with Gasteiger partial charge in [-0.05, 0) is 19.1 Å². The number of rotatable bonds is 4. The minimum Gasteiger partial charge on any atom is -0.371 e. The van der Waals surface area contributed by atoms with E-state index in [-0.39, 0.29) is 12.2 Å². The van der Waals surface area contributed by atoms with Crippen LogP contribution in [0.5, 0.6) is 0 Å². The van der Waals surface area contributed by atoms with Crippen LogP contribution in [0.15, 0.2) is 0 Å². The van der Waals surface area contributed by atoms with Crippen LogP contribution in [0.1, 0.15) is 19.7 Å². The molecule has 0 fully saturated rings. The molecule has 0 aliphatic carbocycles. The Morgan fingerprint density at radius 1 is 1.57 bits per heavy atom. The lowest BCUT2D eigenvalue weighted by Crippen LogP contribution is -2.35. The maximum Gasteiger partial charge on any atom is 0.182 e. The number of tetrazole rings is 1. The fourth-order valence-electron chi connectivity index (χ4n) is 0.864. The second-order valence-corrected chi connectivity index (χ2v) is 3.51. The molecule has 6 nitrogen and oxygen atoms in total. The number of carbonyl (C=O) groups is 1. The van der Waals surface area contributed by atoms with Gasteiger partial charge < -0.3 is 4.74 Å². The summed E-state index contributed by atoms with van der Waals surface area (Å²) in [7, 11) is 3.16. The average molecular weight is 198 g/mol. The molecule has 0 N–H and O–H groups in total. The summed E-state index contributed by atoms with van der Waals surface area (Å²) in [5.41, 5.74) is -0.792. The molecule has 1 aromatic heterocycles. The Kier molecular flexibility index (Phi) is 2.95. The van der Waals surface area contributed by atoms with Gasteiger partial charge in [-0.3, -0.25) is 4.79 Å². The van der Waals surface area contributed by atoms with E-state index < -0.39 is 5.60 Å². The molecule has 1 rings (SSSR count). The fraction of sp³-hybridized carbons (Fsp3) is 0.750. The minimum absolute atomic E-state index is 0.0620. The number of methoxy groups -OCH3 is 1. The summed E-state index contributed by atoms with van der Waals surface area (Å²) < 4.78 is 5.05. The third kappa shape index (κ3) is 2.35. The maximum absolute atomic E-state index is 11.6.